The van der Waals surface area contributed by atoms with E-state index in [1.807, 2.05) is 4.90 Å². The number of hydrogen-bond acceptors (Lipinski definition) is 5. The van der Waals surface area contributed by atoms with Crippen molar-refractivity contribution in [3.63, 3.8) is 0 Å². The smallest absolute Gasteiger partial charge is 0.253 e. The third kappa shape index (κ3) is 3.23. The Morgan fingerprint density at radius 1 is 1.00 bits per heavy atom. The highest BCUT2D eigenvalue weighted by Gasteiger charge is 2.19. The van der Waals surface area contributed by atoms with Gasteiger partial charge in [-0.05, 0) is 37.1 Å². The number of nitrogens with zero attached hydrogens (tertiary/aromatic N) is 4. The second kappa shape index (κ2) is 6.92. The number of nitriles is 3. The summed E-state index contributed by atoms with van der Waals surface area (Å²) in [5, 5.41) is 29.2. The summed E-state index contributed by atoms with van der Waals surface area (Å²) in [5.74, 6) is -0.00478. The molecule has 0 radical (unpaired) electrons. The van der Waals surface area contributed by atoms with Crippen LogP contribution in [0.1, 0.15) is 23.2 Å². The van der Waals surface area contributed by atoms with Gasteiger partial charge >= 0.3 is 0 Å². The number of likely N-dealkylation sites (tertiary alicyclic amines) is 1. The van der Waals surface area contributed by atoms with Crippen molar-refractivity contribution in [3.05, 3.63) is 41.1 Å². The monoisotopic (exact) mass is 291 g/mol. The molecular weight excluding hydrogens is 278 g/mol. The average molecular weight is 291 g/mol. The molecule has 1 aliphatic rings. The lowest BCUT2D eigenvalue weighted by molar-refractivity contribution is 0.0793. The van der Waals surface area contributed by atoms with E-state index in [2.05, 4.69) is 5.32 Å². The first kappa shape index (κ1) is 15.1. The normalized spacial score (nSPS) is 12.7. The summed E-state index contributed by atoms with van der Waals surface area (Å²) in [5.41, 5.74) is 0.733. The second-order valence-electron chi connectivity index (χ2n) is 4.79. The van der Waals surface area contributed by atoms with Gasteiger partial charge in [0.05, 0.1) is 0 Å². The average Bonchev–Trinajstić information content (AvgIpc) is 3.09. The number of carbonyl (C=O) groups excluding carboxylic acids is 1. The molecule has 0 atom stereocenters. The summed E-state index contributed by atoms with van der Waals surface area (Å²) in [6, 6.07) is 11.7. The molecule has 0 unspecified atom stereocenters. The number of benzene rings is 1. The van der Waals surface area contributed by atoms with Crippen LogP contribution in [0.3, 0.4) is 0 Å². The topological polar surface area (TPSA) is 104 Å². The van der Waals surface area contributed by atoms with E-state index in [4.69, 9.17) is 15.8 Å². The van der Waals surface area contributed by atoms with Crippen LogP contribution in [0.4, 0.5) is 5.69 Å². The van der Waals surface area contributed by atoms with E-state index in [1.165, 1.54) is 0 Å². The van der Waals surface area contributed by atoms with Gasteiger partial charge < -0.3 is 10.2 Å². The molecule has 0 aliphatic carbocycles. The lowest BCUT2D eigenvalue weighted by Gasteiger charge is -2.15. The molecule has 0 saturated carbocycles. The van der Waals surface area contributed by atoms with Crippen molar-refractivity contribution >= 4 is 11.6 Å². The van der Waals surface area contributed by atoms with Crippen molar-refractivity contribution in [1.29, 1.82) is 15.8 Å². The Balaban J connectivity index is 2.14. The summed E-state index contributed by atoms with van der Waals surface area (Å²) < 4.78 is 0. The van der Waals surface area contributed by atoms with Crippen LogP contribution < -0.4 is 5.32 Å². The predicted molar refractivity (Wildman–Crippen MR) is 79.1 cm³/mol. The van der Waals surface area contributed by atoms with E-state index in [1.54, 1.807) is 42.5 Å². The van der Waals surface area contributed by atoms with Crippen LogP contribution in [0.2, 0.25) is 0 Å². The van der Waals surface area contributed by atoms with Gasteiger partial charge in [-0.15, -0.1) is 0 Å². The Kier molecular flexibility index (Phi) is 4.75. The van der Waals surface area contributed by atoms with Crippen molar-refractivity contribution < 1.29 is 4.79 Å². The zero-order chi connectivity index (χ0) is 15.9. The highest BCUT2D eigenvalue weighted by Crippen LogP contribution is 2.17. The van der Waals surface area contributed by atoms with E-state index < -0.39 is 0 Å². The molecular formula is C16H13N5O. The minimum absolute atomic E-state index is 0.00478. The molecule has 6 nitrogen and oxygen atoms in total. The molecule has 1 saturated heterocycles. The van der Waals surface area contributed by atoms with Crippen LogP contribution >= 0.6 is 0 Å². The highest BCUT2D eigenvalue weighted by atomic mass is 16.2. The van der Waals surface area contributed by atoms with E-state index in [9.17, 15) is 4.79 Å². The summed E-state index contributed by atoms with van der Waals surface area (Å²) >= 11 is 0. The van der Waals surface area contributed by atoms with Crippen molar-refractivity contribution in [1.82, 2.24) is 4.90 Å². The Morgan fingerprint density at radius 2 is 1.59 bits per heavy atom. The lowest BCUT2D eigenvalue weighted by atomic mass is 10.1. The van der Waals surface area contributed by atoms with Crippen LogP contribution in [0, 0.1) is 34.0 Å². The lowest BCUT2D eigenvalue weighted by Crippen LogP contribution is -2.27. The molecule has 22 heavy (non-hydrogen) atoms. The largest absolute Gasteiger partial charge is 0.345 e. The first-order valence-corrected chi connectivity index (χ1v) is 6.80. The van der Waals surface area contributed by atoms with Crippen LogP contribution in [0.5, 0.6) is 0 Å². The Bertz CT molecular complexity index is 706. The standard InChI is InChI=1S/C16H13N5O/c17-9-13(10-18)15(11-19)20-14-5-3-12(4-6-14)16(22)21-7-1-2-8-21/h3-6,20H,1-2,7-8H2. The molecule has 0 spiro atoms. The number of carbonyl (C=O) groups is 1. The molecule has 1 amide bonds. The van der Waals surface area contributed by atoms with Gasteiger partial charge in [-0.2, -0.15) is 15.8 Å². The fraction of sp³-hybridized carbons (Fsp3) is 0.250. The SMILES string of the molecule is N#CC(C#N)=C(C#N)Nc1ccc(C(=O)N2CCCC2)cc1. The molecule has 1 N–H and O–H groups in total. The Hall–Kier alpha value is -3.30. The zero-order valence-electron chi connectivity index (χ0n) is 11.8. The Labute approximate surface area is 128 Å². The zero-order valence-corrected chi connectivity index (χ0v) is 11.8. The van der Waals surface area contributed by atoms with E-state index in [0.29, 0.717) is 11.3 Å². The predicted octanol–water partition coefficient (Wildman–Crippen LogP) is 2.16. The number of allylic oxidation sites excluding steroid dienone is 2. The number of amides is 1. The van der Waals surface area contributed by atoms with Crippen LogP contribution in [-0.4, -0.2) is 23.9 Å². The summed E-state index contributed by atoms with van der Waals surface area (Å²) in [6.07, 6.45) is 2.07. The number of rotatable bonds is 3. The molecule has 108 valence electrons. The van der Waals surface area contributed by atoms with Gasteiger partial charge in [0.25, 0.3) is 5.91 Å². The van der Waals surface area contributed by atoms with E-state index in [0.717, 1.165) is 25.9 Å². The summed E-state index contributed by atoms with van der Waals surface area (Å²) in [4.78, 5) is 14.0. The number of anilines is 1. The second-order valence-corrected chi connectivity index (χ2v) is 4.79. The quantitative estimate of drug-likeness (QED) is 0.859. The third-order valence-electron chi connectivity index (χ3n) is 3.38. The first-order valence-electron chi connectivity index (χ1n) is 6.80. The molecule has 1 heterocycles. The fourth-order valence-electron chi connectivity index (χ4n) is 2.23. The summed E-state index contributed by atoms with van der Waals surface area (Å²) in [6.45, 7) is 1.57. The molecule has 1 fully saturated rings. The van der Waals surface area contributed by atoms with Crippen LogP contribution in [-0.2, 0) is 0 Å². The fourth-order valence-corrected chi connectivity index (χ4v) is 2.23. The molecule has 0 aromatic heterocycles. The first-order chi connectivity index (χ1) is 10.7. The maximum atomic E-state index is 12.2. The van der Waals surface area contributed by atoms with Crippen LogP contribution in [0.15, 0.2) is 35.5 Å². The van der Waals surface area contributed by atoms with Gasteiger partial charge in [0, 0.05) is 24.3 Å². The molecule has 0 bridgehead atoms. The van der Waals surface area contributed by atoms with E-state index >= 15 is 0 Å². The van der Waals surface area contributed by atoms with Gasteiger partial charge in [0.1, 0.15) is 23.9 Å². The van der Waals surface area contributed by atoms with Gasteiger partial charge in [-0.3, -0.25) is 4.79 Å². The van der Waals surface area contributed by atoms with E-state index in [-0.39, 0.29) is 17.2 Å². The van der Waals surface area contributed by atoms with Gasteiger partial charge in [0.15, 0.2) is 5.57 Å². The van der Waals surface area contributed by atoms with Crippen LogP contribution in [0.25, 0.3) is 0 Å². The van der Waals surface area contributed by atoms with Crippen molar-refractivity contribution in [2.75, 3.05) is 18.4 Å². The maximum Gasteiger partial charge on any atom is 0.253 e. The number of nitrogens with one attached hydrogen (secondary N) is 1. The minimum Gasteiger partial charge on any atom is -0.345 e. The Morgan fingerprint density at radius 3 is 2.09 bits per heavy atom. The molecule has 1 aromatic carbocycles. The molecule has 6 heteroatoms. The minimum atomic E-state index is -0.278. The van der Waals surface area contributed by atoms with Gasteiger partial charge in [-0.25, -0.2) is 0 Å². The van der Waals surface area contributed by atoms with Gasteiger partial charge in [-0.1, -0.05) is 0 Å². The molecule has 1 aromatic rings. The van der Waals surface area contributed by atoms with Crippen molar-refractivity contribution in [2.24, 2.45) is 0 Å². The number of hydrogen-bond donors (Lipinski definition) is 1. The maximum absolute atomic E-state index is 12.2. The highest BCUT2D eigenvalue weighted by molar-refractivity contribution is 5.94. The molecule has 1 aliphatic heterocycles. The third-order valence-corrected chi connectivity index (χ3v) is 3.38. The van der Waals surface area contributed by atoms with Crippen molar-refractivity contribution in [2.45, 2.75) is 12.8 Å². The van der Waals surface area contributed by atoms with Crippen molar-refractivity contribution in [3.8, 4) is 18.2 Å². The summed E-state index contributed by atoms with van der Waals surface area (Å²) in [7, 11) is 0. The molecule has 2 rings (SSSR count). The van der Waals surface area contributed by atoms with Gasteiger partial charge in [0.2, 0.25) is 0 Å².